The number of benzene rings is 1. The van der Waals surface area contributed by atoms with Gasteiger partial charge in [0.2, 0.25) is 5.91 Å². The van der Waals surface area contributed by atoms with E-state index in [1.165, 1.54) is 25.3 Å². The first-order chi connectivity index (χ1) is 8.40. The predicted molar refractivity (Wildman–Crippen MR) is 69.4 cm³/mol. The van der Waals surface area contributed by atoms with E-state index in [2.05, 4.69) is 21.4 Å². The number of nitrogens with one attached hydrogen (secondary N) is 2. The van der Waals surface area contributed by atoms with Crippen molar-refractivity contribution in [1.82, 2.24) is 10.3 Å². The van der Waals surface area contributed by atoms with Crippen LogP contribution >= 0.6 is 15.9 Å². The van der Waals surface area contributed by atoms with E-state index in [1.54, 1.807) is 6.92 Å². The van der Waals surface area contributed by atoms with Crippen LogP contribution in [0.2, 0.25) is 0 Å². The van der Waals surface area contributed by atoms with Crippen molar-refractivity contribution in [1.29, 1.82) is 0 Å². The molecule has 18 heavy (non-hydrogen) atoms. The first-order valence-corrected chi connectivity index (χ1v) is 7.32. The molecule has 1 amide bonds. The molecule has 100 valence electrons. The van der Waals surface area contributed by atoms with Crippen LogP contribution in [-0.4, -0.2) is 21.4 Å². The minimum atomic E-state index is -3.78. The molecule has 2 N–H and O–H groups in total. The van der Waals surface area contributed by atoms with E-state index in [4.69, 9.17) is 4.74 Å². The highest BCUT2D eigenvalue weighted by molar-refractivity contribution is 9.10. The summed E-state index contributed by atoms with van der Waals surface area (Å²) in [5.74, 6) is 0.109. The lowest BCUT2D eigenvalue weighted by molar-refractivity contribution is -0.121. The van der Waals surface area contributed by atoms with Crippen LogP contribution in [0.25, 0.3) is 0 Å². The topological polar surface area (TPSA) is 84.5 Å². The highest BCUT2D eigenvalue weighted by atomic mass is 79.9. The summed E-state index contributed by atoms with van der Waals surface area (Å²) in [5.41, 5.74) is 2.10. The van der Waals surface area contributed by atoms with Gasteiger partial charge in [-0.05, 0) is 34.1 Å². The zero-order valence-corrected chi connectivity index (χ0v) is 12.3. The summed E-state index contributed by atoms with van der Waals surface area (Å²) >= 11 is 3.19. The summed E-state index contributed by atoms with van der Waals surface area (Å²) in [4.78, 5) is 13.0. The summed E-state index contributed by atoms with van der Waals surface area (Å²) in [6.07, 6.45) is 0.189. The number of amides is 1. The fourth-order valence-electron chi connectivity index (χ4n) is 1.09. The van der Waals surface area contributed by atoms with Gasteiger partial charge in [0.25, 0.3) is 10.0 Å². The Labute approximate surface area is 114 Å². The Morgan fingerprint density at radius 3 is 2.61 bits per heavy atom. The van der Waals surface area contributed by atoms with Crippen LogP contribution in [0.4, 0.5) is 0 Å². The van der Waals surface area contributed by atoms with E-state index in [1.807, 2.05) is 4.83 Å². The second-order valence-electron chi connectivity index (χ2n) is 3.30. The maximum absolute atomic E-state index is 11.8. The Balaban J connectivity index is 2.92. The van der Waals surface area contributed by atoms with Crippen molar-refractivity contribution in [3.05, 3.63) is 22.7 Å². The molecule has 0 spiro atoms. The van der Waals surface area contributed by atoms with Crippen molar-refractivity contribution in [2.75, 3.05) is 7.11 Å². The number of carbonyl (C=O) groups is 1. The van der Waals surface area contributed by atoms with Crippen LogP contribution in [0.1, 0.15) is 13.3 Å². The van der Waals surface area contributed by atoms with E-state index in [-0.39, 0.29) is 11.3 Å². The minimum Gasteiger partial charge on any atom is -0.496 e. The van der Waals surface area contributed by atoms with E-state index in [0.717, 1.165) is 0 Å². The molecule has 0 saturated carbocycles. The minimum absolute atomic E-state index is 0.0200. The van der Waals surface area contributed by atoms with Gasteiger partial charge in [0.15, 0.2) is 0 Å². The average molecular weight is 337 g/mol. The third-order valence-electron chi connectivity index (χ3n) is 2.08. The van der Waals surface area contributed by atoms with Crippen molar-refractivity contribution in [3.8, 4) is 5.75 Å². The van der Waals surface area contributed by atoms with Crippen LogP contribution < -0.4 is 15.0 Å². The molecule has 0 atom stereocenters. The van der Waals surface area contributed by atoms with Crippen LogP contribution in [-0.2, 0) is 14.8 Å². The molecule has 1 aromatic carbocycles. The smallest absolute Gasteiger partial charge is 0.257 e. The normalized spacial score (nSPS) is 11.1. The molecule has 0 aliphatic heterocycles. The van der Waals surface area contributed by atoms with Gasteiger partial charge in [0.1, 0.15) is 5.75 Å². The summed E-state index contributed by atoms with van der Waals surface area (Å²) in [6, 6.07) is 4.28. The monoisotopic (exact) mass is 336 g/mol. The molecule has 0 bridgehead atoms. The largest absolute Gasteiger partial charge is 0.496 e. The number of ether oxygens (including phenoxy) is 1. The van der Waals surface area contributed by atoms with Gasteiger partial charge in [0.05, 0.1) is 16.5 Å². The second kappa shape index (κ2) is 6.17. The number of hydrogen-bond acceptors (Lipinski definition) is 4. The van der Waals surface area contributed by atoms with Gasteiger partial charge >= 0.3 is 0 Å². The van der Waals surface area contributed by atoms with Gasteiger partial charge in [-0.3, -0.25) is 10.2 Å². The number of hydrogen-bond donors (Lipinski definition) is 2. The van der Waals surface area contributed by atoms with Crippen LogP contribution in [0.3, 0.4) is 0 Å². The number of carbonyl (C=O) groups excluding carboxylic acids is 1. The fraction of sp³-hybridized carbons (Fsp3) is 0.300. The summed E-state index contributed by atoms with van der Waals surface area (Å²) in [5, 5.41) is 0. The molecule has 1 rings (SSSR count). The summed E-state index contributed by atoms with van der Waals surface area (Å²) in [7, 11) is -2.30. The molecule has 0 aliphatic rings. The summed E-state index contributed by atoms with van der Waals surface area (Å²) in [6.45, 7) is 1.62. The first-order valence-electron chi connectivity index (χ1n) is 5.05. The predicted octanol–water partition coefficient (Wildman–Crippen LogP) is 1.18. The standard InChI is InChI=1S/C10H13BrN2O4S/c1-3-10(14)12-13-18(15,16)7-4-5-9(17-2)8(11)6-7/h4-6,13H,3H2,1-2H3,(H,12,14). The van der Waals surface area contributed by atoms with Crippen LogP contribution in [0.5, 0.6) is 5.75 Å². The second-order valence-corrected chi connectivity index (χ2v) is 5.84. The van der Waals surface area contributed by atoms with Crippen molar-refractivity contribution in [2.45, 2.75) is 18.2 Å². The van der Waals surface area contributed by atoms with Crippen molar-refractivity contribution in [2.24, 2.45) is 0 Å². The molecule has 0 heterocycles. The third kappa shape index (κ3) is 3.69. The van der Waals surface area contributed by atoms with Gasteiger partial charge in [-0.25, -0.2) is 8.42 Å². The molecule has 6 nitrogen and oxygen atoms in total. The highest BCUT2D eigenvalue weighted by Crippen LogP contribution is 2.27. The Hall–Kier alpha value is -1.12. The lowest BCUT2D eigenvalue weighted by Crippen LogP contribution is -2.41. The van der Waals surface area contributed by atoms with E-state index < -0.39 is 15.9 Å². The van der Waals surface area contributed by atoms with E-state index >= 15 is 0 Å². The zero-order valence-electron chi connectivity index (χ0n) is 9.86. The Kier molecular flexibility index (Phi) is 5.12. The van der Waals surface area contributed by atoms with E-state index in [0.29, 0.717) is 10.2 Å². The van der Waals surface area contributed by atoms with Gasteiger partial charge in [0, 0.05) is 6.42 Å². The number of sulfonamides is 1. The SMILES string of the molecule is CCC(=O)NNS(=O)(=O)c1ccc(OC)c(Br)c1. The average Bonchev–Trinajstić information content (AvgIpc) is 2.35. The zero-order chi connectivity index (χ0) is 13.8. The van der Waals surface area contributed by atoms with Gasteiger partial charge < -0.3 is 4.74 Å². The van der Waals surface area contributed by atoms with Gasteiger partial charge in [-0.2, -0.15) is 0 Å². The van der Waals surface area contributed by atoms with Crippen LogP contribution in [0.15, 0.2) is 27.6 Å². The van der Waals surface area contributed by atoms with E-state index in [9.17, 15) is 13.2 Å². The summed E-state index contributed by atoms with van der Waals surface area (Å²) < 4.78 is 29.1. The van der Waals surface area contributed by atoms with Crippen LogP contribution in [0, 0.1) is 0 Å². The lowest BCUT2D eigenvalue weighted by Gasteiger charge is -2.09. The van der Waals surface area contributed by atoms with Crippen molar-refractivity contribution >= 4 is 31.9 Å². The fourth-order valence-corrected chi connectivity index (χ4v) is 2.66. The molecular formula is C10H13BrN2O4S. The highest BCUT2D eigenvalue weighted by Gasteiger charge is 2.16. The Morgan fingerprint density at radius 2 is 2.11 bits per heavy atom. The Morgan fingerprint density at radius 1 is 1.44 bits per heavy atom. The molecular weight excluding hydrogens is 324 g/mol. The molecule has 0 saturated heterocycles. The third-order valence-corrected chi connectivity index (χ3v) is 3.94. The Bertz CT molecular complexity index is 545. The molecule has 0 aliphatic carbocycles. The molecule has 0 aromatic heterocycles. The number of halogens is 1. The number of hydrazine groups is 1. The molecule has 8 heteroatoms. The molecule has 0 fully saturated rings. The molecule has 0 radical (unpaired) electrons. The number of methoxy groups -OCH3 is 1. The van der Waals surface area contributed by atoms with Gasteiger partial charge in [-0.15, -0.1) is 4.83 Å². The maximum atomic E-state index is 11.8. The lowest BCUT2D eigenvalue weighted by atomic mass is 10.3. The molecule has 1 aromatic rings. The first kappa shape index (κ1) is 14.9. The molecule has 0 unspecified atom stereocenters. The maximum Gasteiger partial charge on any atom is 0.257 e. The number of rotatable bonds is 5. The quantitative estimate of drug-likeness (QED) is 0.790. The van der Waals surface area contributed by atoms with Gasteiger partial charge in [-0.1, -0.05) is 6.92 Å². The van der Waals surface area contributed by atoms with Crippen molar-refractivity contribution < 1.29 is 17.9 Å². The van der Waals surface area contributed by atoms with Crippen molar-refractivity contribution in [3.63, 3.8) is 0 Å².